The predicted octanol–water partition coefficient (Wildman–Crippen LogP) is 4.66. The van der Waals surface area contributed by atoms with Gasteiger partial charge < -0.3 is 9.42 Å². The van der Waals surface area contributed by atoms with E-state index in [0.717, 1.165) is 42.7 Å². The summed E-state index contributed by atoms with van der Waals surface area (Å²) in [5, 5.41) is 13.7. The molecule has 1 fully saturated rings. The van der Waals surface area contributed by atoms with Crippen LogP contribution in [0.5, 0.6) is 0 Å². The molecule has 158 valence electrons. The maximum Gasteiger partial charge on any atom is 0.237 e. The maximum atomic E-state index is 13.1. The van der Waals surface area contributed by atoms with Crippen molar-refractivity contribution in [3.8, 4) is 17.1 Å². The lowest BCUT2D eigenvalue weighted by Crippen LogP contribution is -2.22. The van der Waals surface area contributed by atoms with E-state index in [1.54, 1.807) is 12.1 Å². The van der Waals surface area contributed by atoms with Crippen LogP contribution in [-0.4, -0.2) is 38.0 Å². The largest absolute Gasteiger partial charge is 0.341 e. The van der Waals surface area contributed by atoms with Gasteiger partial charge in [-0.05, 0) is 56.2 Å². The van der Waals surface area contributed by atoms with Crippen LogP contribution in [0.1, 0.15) is 24.3 Å². The van der Waals surface area contributed by atoms with Crippen molar-refractivity contribution in [2.24, 2.45) is 0 Å². The normalized spacial score (nSPS) is 13.8. The zero-order valence-electron chi connectivity index (χ0n) is 17.0. The molecule has 0 spiro atoms. The number of anilines is 1. The van der Waals surface area contributed by atoms with Gasteiger partial charge in [0.1, 0.15) is 5.82 Å². The molecule has 5 rings (SSSR count). The van der Waals surface area contributed by atoms with Gasteiger partial charge in [0.15, 0.2) is 5.16 Å². The zero-order valence-corrected chi connectivity index (χ0v) is 17.8. The average molecular weight is 437 g/mol. The second-order valence-corrected chi connectivity index (χ2v) is 8.40. The Bertz CT molecular complexity index is 1170. The van der Waals surface area contributed by atoms with Crippen LogP contribution in [0.2, 0.25) is 0 Å². The summed E-state index contributed by atoms with van der Waals surface area (Å²) in [6.07, 6.45) is 2.33. The van der Waals surface area contributed by atoms with Gasteiger partial charge in [-0.1, -0.05) is 34.6 Å². The van der Waals surface area contributed by atoms with Crippen molar-refractivity contribution in [1.29, 1.82) is 0 Å². The van der Waals surface area contributed by atoms with E-state index in [2.05, 4.69) is 61.0 Å². The van der Waals surface area contributed by atoms with E-state index in [9.17, 15) is 4.39 Å². The van der Waals surface area contributed by atoms with Crippen molar-refractivity contribution >= 4 is 17.7 Å². The molecule has 4 aromatic rings. The lowest BCUT2D eigenvalue weighted by molar-refractivity contribution is 0.391. The van der Waals surface area contributed by atoms with Crippen LogP contribution in [0.3, 0.4) is 0 Å². The predicted molar refractivity (Wildman–Crippen MR) is 117 cm³/mol. The number of thioether (sulfide) groups is 1. The van der Waals surface area contributed by atoms with Gasteiger partial charge in [0.2, 0.25) is 17.7 Å². The fraction of sp³-hybridized carbons (Fsp3) is 0.273. The molecule has 1 aliphatic heterocycles. The third-order valence-electron chi connectivity index (χ3n) is 5.19. The van der Waals surface area contributed by atoms with Crippen LogP contribution >= 0.6 is 11.8 Å². The molecule has 0 bridgehead atoms. The van der Waals surface area contributed by atoms with Crippen LogP contribution in [-0.2, 0) is 5.75 Å². The zero-order chi connectivity index (χ0) is 21.2. The highest BCUT2D eigenvalue weighted by atomic mass is 32.2. The van der Waals surface area contributed by atoms with Crippen LogP contribution in [0.4, 0.5) is 10.3 Å². The van der Waals surface area contributed by atoms with Crippen LogP contribution < -0.4 is 4.90 Å². The number of nitrogens with zero attached hydrogens (tertiary/aromatic N) is 6. The summed E-state index contributed by atoms with van der Waals surface area (Å²) in [6, 6.07) is 14.4. The lowest BCUT2D eigenvalue weighted by Gasteiger charge is -2.18. The minimum absolute atomic E-state index is 0.299. The number of aryl methyl sites for hydroxylation is 1. The highest BCUT2D eigenvalue weighted by molar-refractivity contribution is 7.98. The first-order valence-electron chi connectivity index (χ1n) is 10.2. The first-order chi connectivity index (χ1) is 15.2. The minimum Gasteiger partial charge on any atom is -0.341 e. The maximum absolute atomic E-state index is 13.1. The van der Waals surface area contributed by atoms with Crippen molar-refractivity contribution in [2.75, 3.05) is 18.0 Å². The minimum atomic E-state index is -0.299. The molecule has 0 atom stereocenters. The molecule has 1 saturated heterocycles. The molecule has 0 N–H and O–H groups in total. The molecule has 0 aliphatic carbocycles. The summed E-state index contributed by atoms with van der Waals surface area (Å²) in [4.78, 5) is 6.71. The standard InChI is InChI=1S/C22H21FN6OS/c1-15-4-10-18(11-5-15)29-21(28-12-2-3-13-28)25-26-22(29)31-14-19-24-20(27-30-19)16-6-8-17(23)9-7-16/h4-11H,2-3,12-14H2,1H3. The number of hydrogen-bond donors (Lipinski definition) is 0. The second-order valence-electron chi connectivity index (χ2n) is 7.45. The van der Waals surface area contributed by atoms with Gasteiger partial charge >= 0.3 is 0 Å². The van der Waals surface area contributed by atoms with Crippen LogP contribution in [0, 0.1) is 12.7 Å². The van der Waals surface area contributed by atoms with Gasteiger partial charge in [-0.15, -0.1) is 10.2 Å². The van der Waals surface area contributed by atoms with E-state index in [0.29, 0.717) is 23.0 Å². The van der Waals surface area contributed by atoms with E-state index in [1.807, 2.05) is 0 Å². The van der Waals surface area contributed by atoms with Gasteiger partial charge in [0.25, 0.3) is 0 Å². The Labute approximate surface area is 183 Å². The molecule has 3 heterocycles. The Kier molecular flexibility index (Phi) is 5.42. The summed E-state index contributed by atoms with van der Waals surface area (Å²) < 4.78 is 20.6. The number of benzene rings is 2. The molecule has 9 heteroatoms. The molecular formula is C22H21FN6OS. The van der Waals surface area contributed by atoms with E-state index >= 15 is 0 Å². The Morgan fingerprint density at radius 3 is 2.48 bits per heavy atom. The topological polar surface area (TPSA) is 72.9 Å². The molecule has 0 amide bonds. The number of halogens is 1. The van der Waals surface area contributed by atoms with Gasteiger partial charge in [0, 0.05) is 18.7 Å². The molecule has 7 nitrogen and oxygen atoms in total. The smallest absolute Gasteiger partial charge is 0.237 e. The summed E-state index contributed by atoms with van der Waals surface area (Å²) in [6.45, 7) is 4.04. The Hall–Kier alpha value is -3.20. The molecule has 0 radical (unpaired) electrons. The average Bonchev–Trinajstić information content (AvgIpc) is 3.54. The highest BCUT2D eigenvalue weighted by Gasteiger charge is 2.23. The van der Waals surface area contributed by atoms with Crippen molar-refractivity contribution in [1.82, 2.24) is 24.9 Å². The lowest BCUT2D eigenvalue weighted by atomic mass is 10.2. The molecule has 2 aromatic carbocycles. The summed E-state index contributed by atoms with van der Waals surface area (Å²) in [5.41, 5.74) is 2.94. The van der Waals surface area contributed by atoms with Crippen molar-refractivity contribution in [2.45, 2.75) is 30.7 Å². The fourth-order valence-corrected chi connectivity index (χ4v) is 4.34. The van der Waals surface area contributed by atoms with Crippen molar-refractivity contribution < 1.29 is 8.91 Å². The van der Waals surface area contributed by atoms with Crippen LogP contribution in [0.25, 0.3) is 17.1 Å². The van der Waals surface area contributed by atoms with Crippen molar-refractivity contribution in [3.63, 3.8) is 0 Å². The van der Waals surface area contributed by atoms with Gasteiger partial charge in [0.05, 0.1) is 11.4 Å². The Morgan fingerprint density at radius 2 is 1.74 bits per heavy atom. The Balaban J connectivity index is 1.39. The van der Waals surface area contributed by atoms with Gasteiger partial charge in [-0.3, -0.25) is 4.57 Å². The summed E-state index contributed by atoms with van der Waals surface area (Å²) in [7, 11) is 0. The third kappa shape index (κ3) is 4.18. The first kappa shape index (κ1) is 19.7. The van der Waals surface area contributed by atoms with Crippen molar-refractivity contribution in [3.05, 3.63) is 65.8 Å². The van der Waals surface area contributed by atoms with E-state index in [1.165, 1.54) is 29.5 Å². The van der Waals surface area contributed by atoms with E-state index < -0.39 is 0 Å². The quantitative estimate of drug-likeness (QED) is 0.407. The molecule has 1 aliphatic rings. The monoisotopic (exact) mass is 436 g/mol. The molecular weight excluding hydrogens is 415 g/mol. The van der Waals surface area contributed by atoms with E-state index in [-0.39, 0.29) is 5.82 Å². The Morgan fingerprint density at radius 1 is 1.00 bits per heavy atom. The number of rotatable bonds is 6. The van der Waals surface area contributed by atoms with Gasteiger partial charge in [-0.25, -0.2) is 4.39 Å². The number of hydrogen-bond acceptors (Lipinski definition) is 7. The second kappa shape index (κ2) is 8.50. The first-order valence-corrected chi connectivity index (χ1v) is 11.1. The number of aromatic nitrogens is 5. The SMILES string of the molecule is Cc1ccc(-n2c(SCc3nc(-c4ccc(F)cc4)no3)nnc2N2CCCC2)cc1. The molecule has 0 unspecified atom stereocenters. The highest BCUT2D eigenvalue weighted by Crippen LogP contribution is 2.30. The fourth-order valence-electron chi connectivity index (χ4n) is 3.55. The molecule has 0 saturated carbocycles. The summed E-state index contributed by atoms with van der Waals surface area (Å²) in [5.74, 6) is 1.94. The van der Waals surface area contributed by atoms with Crippen LogP contribution in [0.15, 0.2) is 58.2 Å². The molecule has 31 heavy (non-hydrogen) atoms. The summed E-state index contributed by atoms with van der Waals surface area (Å²) >= 11 is 1.50. The molecule has 2 aromatic heterocycles. The van der Waals surface area contributed by atoms with E-state index in [4.69, 9.17) is 4.52 Å². The third-order valence-corrected chi connectivity index (χ3v) is 6.11. The van der Waals surface area contributed by atoms with Gasteiger partial charge in [-0.2, -0.15) is 4.98 Å².